The zero-order valence-electron chi connectivity index (χ0n) is 12.2. The van der Waals surface area contributed by atoms with Gasteiger partial charge in [-0.1, -0.05) is 0 Å². The van der Waals surface area contributed by atoms with Crippen LogP contribution in [0.2, 0.25) is 0 Å². The number of aromatic nitrogens is 2. The van der Waals surface area contributed by atoms with Gasteiger partial charge in [-0.15, -0.1) is 0 Å². The summed E-state index contributed by atoms with van der Waals surface area (Å²) in [7, 11) is 1.63. The van der Waals surface area contributed by atoms with Crippen LogP contribution in [-0.4, -0.2) is 34.4 Å². The predicted octanol–water partition coefficient (Wildman–Crippen LogP) is 2.70. The van der Waals surface area contributed by atoms with E-state index in [0.717, 1.165) is 30.8 Å². The van der Waals surface area contributed by atoms with Crippen molar-refractivity contribution in [2.75, 3.05) is 13.7 Å². The van der Waals surface area contributed by atoms with Gasteiger partial charge < -0.3 is 4.74 Å². The van der Waals surface area contributed by atoms with Crippen molar-refractivity contribution in [1.29, 1.82) is 0 Å². The highest BCUT2D eigenvalue weighted by molar-refractivity contribution is 5.34. The van der Waals surface area contributed by atoms with Crippen LogP contribution in [0, 0.1) is 5.82 Å². The Balaban J connectivity index is 1.72. The molecule has 2 aromatic rings. The van der Waals surface area contributed by atoms with Gasteiger partial charge in [0, 0.05) is 30.5 Å². The van der Waals surface area contributed by atoms with Crippen LogP contribution >= 0.6 is 0 Å². The third kappa shape index (κ3) is 3.24. The molecule has 1 saturated heterocycles. The first-order valence-electron chi connectivity index (χ1n) is 7.30. The smallest absolute Gasteiger partial charge is 0.123 e. The molecule has 1 aromatic carbocycles. The highest BCUT2D eigenvalue weighted by Gasteiger charge is 2.25. The average Bonchev–Trinajstić information content (AvgIpc) is 3.12. The van der Waals surface area contributed by atoms with Crippen molar-refractivity contribution >= 4 is 0 Å². The molecule has 0 saturated carbocycles. The molecule has 0 N–H and O–H groups in total. The van der Waals surface area contributed by atoms with Gasteiger partial charge in [0.2, 0.25) is 0 Å². The summed E-state index contributed by atoms with van der Waals surface area (Å²) in [6, 6.07) is 7.09. The summed E-state index contributed by atoms with van der Waals surface area (Å²) >= 11 is 0. The molecule has 4 nitrogen and oxygen atoms in total. The van der Waals surface area contributed by atoms with Crippen LogP contribution in [0.5, 0.6) is 5.75 Å². The first-order chi connectivity index (χ1) is 10.3. The summed E-state index contributed by atoms with van der Waals surface area (Å²) in [5, 5.41) is 4.27. The van der Waals surface area contributed by atoms with E-state index in [1.807, 2.05) is 16.9 Å². The molecule has 1 unspecified atom stereocenters. The second kappa shape index (κ2) is 6.26. The van der Waals surface area contributed by atoms with Gasteiger partial charge in [0.25, 0.3) is 0 Å². The second-order valence-corrected chi connectivity index (χ2v) is 5.45. The third-order valence-corrected chi connectivity index (χ3v) is 4.07. The molecular weight excluding hydrogens is 269 g/mol. The van der Waals surface area contributed by atoms with E-state index in [4.69, 9.17) is 4.74 Å². The number of likely N-dealkylation sites (tertiary alicyclic amines) is 1. The zero-order valence-corrected chi connectivity index (χ0v) is 12.2. The fraction of sp³-hybridized carbons (Fsp3) is 0.438. The molecule has 2 heterocycles. The molecule has 0 bridgehead atoms. The molecule has 21 heavy (non-hydrogen) atoms. The minimum atomic E-state index is -0.214. The van der Waals surface area contributed by atoms with Gasteiger partial charge >= 0.3 is 0 Å². The minimum absolute atomic E-state index is 0.214. The van der Waals surface area contributed by atoms with Crippen molar-refractivity contribution in [1.82, 2.24) is 14.7 Å². The first-order valence-corrected chi connectivity index (χ1v) is 7.30. The summed E-state index contributed by atoms with van der Waals surface area (Å²) in [6.07, 6.45) is 6.11. The Hall–Kier alpha value is -1.88. The number of hydrogen-bond acceptors (Lipinski definition) is 3. The lowest BCUT2D eigenvalue weighted by molar-refractivity contribution is 0.216. The van der Waals surface area contributed by atoms with Crippen molar-refractivity contribution in [3.63, 3.8) is 0 Å². The topological polar surface area (TPSA) is 30.3 Å². The van der Waals surface area contributed by atoms with E-state index in [1.54, 1.807) is 25.4 Å². The molecule has 0 spiro atoms. The number of benzene rings is 1. The Kier molecular flexibility index (Phi) is 4.20. The number of hydrogen-bond donors (Lipinski definition) is 0. The van der Waals surface area contributed by atoms with Crippen LogP contribution in [0.1, 0.15) is 18.4 Å². The SMILES string of the molecule is COc1ccc(F)cc1CN1CCCC1Cn1cccn1. The Morgan fingerprint density at radius 2 is 2.33 bits per heavy atom. The van der Waals surface area contributed by atoms with Gasteiger partial charge in [-0.3, -0.25) is 9.58 Å². The largest absolute Gasteiger partial charge is 0.496 e. The predicted molar refractivity (Wildman–Crippen MR) is 78.6 cm³/mol. The first kappa shape index (κ1) is 14.1. The highest BCUT2D eigenvalue weighted by Crippen LogP contribution is 2.26. The molecule has 1 aliphatic rings. The Labute approximate surface area is 124 Å². The molecule has 0 amide bonds. The molecule has 1 aromatic heterocycles. The maximum absolute atomic E-state index is 13.5. The molecule has 0 radical (unpaired) electrons. The number of nitrogens with zero attached hydrogens (tertiary/aromatic N) is 3. The lowest BCUT2D eigenvalue weighted by atomic mass is 10.1. The van der Waals surface area contributed by atoms with Crippen molar-refractivity contribution in [2.24, 2.45) is 0 Å². The van der Waals surface area contributed by atoms with E-state index in [9.17, 15) is 4.39 Å². The van der Waals surface area contributed by atoms with E-state index >= 15 is 0 Å². The van der Waals surface area contributed by atoms with Gasteiger partial charge in [0.1, 0.15) is 11.6 Å². The Morgan fingerprint density at radius 1 is 1.43 bits per heavy atom. The van der Waals surface area contributed by atoms with Crippen LogP contribution in [0.3, 0.4) is 0 Å². The number of rotatable bonds is 5. The maximum atomic E-state index is 13.5. The summed E-state index contributed by atoms with van der Waals surface area (Å²) < 4.78 is 20.8. The molecule has 3 rings (SSSR count). The van der Waals surface area contributed by atoms with Crippen molar-refractivity contribution in [2.45, 2.75) is 32.0 Å². The Bertz CT molecular complexity index is 585. The maximum Gasteiger partial charge on any atom is 0.123 e. The van der Waals surface area contributed by atoms with E-state index < -0.39 is 0 Å². The fourth-order valence-electron chi connectivity index (χ4n) is 3.02. The summed E-state index contributed by atoms with van der Waals surface area (Å²) in [5.41, 5.74) is 0.907. The molecule has 5 heteroatoms. The lowest BCUT2D eigenvalue weighted by Crippen LogP contribution is -2.32. The van der Waals surface area contributed by atoms with Gasteiger partial charge in [-0.25, -0.2) is 4.39 Å². The van der Waals surface area contributed by atoms with E-state index in [0.29, 0.717) is 12.6 Å². The standard InChI is InChI=1S/C16H20FN3O/c1-21-16-6-5-14(17)10-13(16)11-19-8-2-4-15(19)12-20-9-3-7-18-20/h3,5-7,9-10,15H,2,4,8,11-12H2,1H3. The molecule has 1 fully saturated rings. The zero-order chi connectivity index (χ0) is 14.7. The van der Waals surface area contributed by atoms with Gasteiger partial charge in [0.05, 0.1) is 13.7 Å². The molecular formula is C16H20FN3O. The van der Waals surface area contributed by atoms with E-state index in [-0.39, 0.29) is 5.82 Å². The van der Waals surface area contributed by atoms with Crippen LogP contribution in [-0.2, 0) is 13.1 Å². The summed E-state index contributed by atoms with van der Waals surface area (Å²) in [5.74, 6) is 0.537. The third-order valence-electron chi connectivity index (χ3n) is 4.07. The fourth-order valence-corrected chi connectivity index (χ4v) is 3.02. The number of ether oxygens (including phenoxy) is 1. The van der Waals surface area contributed by atoms with Crippen molar-refractivity contribution in [3.8, 4) is 5.75 Å². The van der Waals surface area contributed by atoms with Gasteiger partial charge in [-0.05, 0) is 43.7 Å². The molecule has 112 valence electrons. The monoisotopic (exact) mass is 289 g/mol. The van der Waals surface area contributed by atoms with E-state index in [2.05, 4.69) is 10.00 Å². The summed E-state index contributed by atoms with van der Waals surface area (Å²) in [4.78, 5) is 2.39. The van der Waals surface area contributed by atoms with Gasteiger partial charge in [0.15, 0.2) is 0 Å². The Morgan fingerprint density at radius 3 is 3.10 bits per heavy atom. The molecule has 0 aliphatic carbocycles. The normalized spacial score (nSPS) is 19.0. The number of halogens is 1. The second-order valence-electron chi connectivity index (χ2n) is 5.45. The van der Waals surface area contributed by atoms with Crippen LogP contribution < -0.4 is 4.74 Å². The lowest BCUT2D eigenvalue weighted by Gasteiger charge is -2.25. The number of methoxy groups -OCH3 is 1. The minimum Gasteiger partial charge on any atom is -0.496 e. The van der Waals surface area contributed by atoms with Crippen LogP contribution in [0.25, 0.3) is 0 Å². The quantitative estimate of drug-likeness (QED) is 0.848. The van der Waals surface area contributed by atoms with Crippen LogP contribution in [0.15, 0.2) is 36.7 Å². The summed E-state index contributed by atoms with van der Waals surface area (Å²) in [6.45, 7) is 2.63. The molecule has 1 atom stereocenters. The van der Waals surface area contributed by atoms with Crippen LogP contribution in [0.4, 0.5) is 4.39 Å². The van der Waals surface area contributed by atoms with Crippen molar-refractivity contribution < 1.29 is 9.13 Å². The van der Waals surface area contributed by atoms with Gasteiger partial charge in [-0.2, -0.15) is 5.10 Å². The highest BCUT2D eigenvalue weighted by atomic mass is 19.1. The van der Waals surface area contributed by atoms with E-state index in [1.165, 1.54) is 12.5 Å². The van der Waals surface area contributed by atoms with Crippen molar-refractivity contribution in [3.05, 3.63) is 48.0 Å². The average molecular weight is 289 g/mol. The molecule has 1 aliphatic heterocycles.